The molecule has 0 aliphatic rings. The second kappa shape index (κ2) is 62.8. The summed E-state index contributed by atoms with van der Waals surface area (Å²) in [4.78, 5) is 38.1. The molecule has 0 saturated heterocycles. The molecule has 0 N–H and O–H groups in total. The average molecular weight is 1050 g/mol. The molecule has 6 heteroatoms. The fourth-order valence-electron chi connectivity index (χ4n) is 7.94. The molecule has 0 aliphatic heterocycles. The second-order valence-corrected chi connectivity index (χ2v) is 19.9. The summed E-state index contributed by atoms with van der Waals surface area (Å²) in [5.74, 6) is -0.937. The lowest BCUT2D eigenvalue weighted by atomic mass is 10.1. The van der Waals surface area contributed by atoms with E-state index in [0.717, 1.165) is 173 Å². The van der Waals surface area contributed by atoms with E-state index < -0.39 is 6.10 Å². The fraction of sp³-hybridized carbons (Fsp3) is 0.614. The molecule has 76 heavy (non-hydrogen) atoms. The highest BCUT2D eigenvalue weighted by Gasteiger charge is 2.19. The van der Waals surface area contributed by atoms with Gasteiger partial charge in [-0.05, 0) is 135 Å². The van der Waals surface area contributed by atoms with Gasteiger partial charge in [0.25, 0.3) is 0 Å². The zero-order chi connectivity index (χ0) is 55.0. The molecule has 0 aromatic carbocycles. The molecule has 1 atom stereocenters. The third kappa shape index (κ3) is 60.2. The van der Waals surface area contributed by atoms with Crippen molar-refractivity contribution in [1.29, 1.82) is 0 Å². The summed E-state index contributed by atoms with van der Waals surface area (Å²) >= 11 is 0. The smallest absolute Gasteiger partial charge is 0.306 e. The van der Waals surface area contributed by atoms with Gasteiger partial charge in [0.2, 0.25) is 0 Å². The molecule has 0 amide bonds. The maximum atomic E-state index is 12.8. The van der Waals surface area contributed by atoms with E-state index in [2.05, 4.69) is 167 Å². The molecular formula is C70H112O6. The Hall–Kier alpha value is -4.71. The van der Waals surface area contributed by atoms with Crippen molar-refractivity contribution in [3.63, 3.8) is 0 Å². The van der Waals surface area contributed by atoms with E-state index in [4.69, 9.17) is 14.2 Å². The van der Waals surface area contributed by atoms with Gasteiger partial charge in [-0.1, -0.05) is 250 Å². The summed E-state index contributed by atoms with van der Waals surface area (Å²) in [6.45, 7) is 6.36. The first kappa shape index (κ1) is 71.3. The number of ether oxygens (including phenoxy) is 3. The number of unbranched alkanes of at least 4 members (excludes halogenated alkanes) is 19. The van der Waals surface area contributed by atoms with E-state index in [-0.39, 0.29) is 31.1 Å². The Labute approximate surface area is 467 Å². The van der Waals surface area contributed by atoms with Crippen molar-refractivity contribution in [3.8, 4) is 0 Å². The van der Waals surface area contributed by atoms with Crippen LogP contribution in [0, 0.1) is 0 Å². The number of allylic oxidation sites excluding steroid dienone is 24. The Morgan fingerprint density at radius 1 is 0.276 bits per heavy atom. The summed E-state index contributed by atoms with van der Waals surface area (Å²) in [6, 6.07) is 0. The first-order valence-corrected chi connectivity index (χ1v) is 30.8. The van der Waals surface area contributed by atoms with Gasteiger partial charge in [-0.3, -0.25) is 14.4 Å². The number of carbonyl (C=O) groups excluding carboxylic acids is 3. The highest BCUT2D eigenvalue weighted by atomic mass is 16.6. The predicted molar refractivity (Wildman–Crippen MR) is 329 cm³/mol. The van der Waals surface area contributed by atoms with Crippen molar-refractivity contribution < 1.29 is 28.6 Å². The van der Waals surface area contributed by atoms with Crippen LogP contribution >= 0.6 is 0 Å². The second-order valence-electron chi connectivity index (χ2n) is 19.9. The Balaban J connectivity index is 4.21. The molecule has 0 rings (SSSR count). The Kier molecular flexibility index (Phi) is 58.9. The summed E-state index contributed by atoms with van der Waals surface area (Å²) in [7, 11) is 0. The summed E-state index contributed by atoms with van der Waals surface area (Å²) in [5, 5.41) is 0. The first-order valence-electron chi connectivity index (χ1n) is 30.8. The maximum absolute atomic E-state index is 12.8. The molecule has 428 valence electrons. The quantitative estimate of drug-likeness (QED) is 0.0261. The van der Waals surface area contributed by atoms with Crippen LogP contribution in [0.25, 0.3) is 0 Å². The SMILES string of the molecule is CC/C=C\C/C=C\C/C=C\C/C=C\C/C=C\C/C=C\C/C=C\C/C=C\C/C=C\CCCCCCCCCC(=O)OCC(COC(=O)CCCCCCC/C=C\CCC)OC(=O)CCCCCCC/C=C\C/C=C\CCC. The van der Waals surface area contributed by atoms with Crippen LogP contribution in [0.2, 0.25) is 0 Å². The summed E-state index contributed by atoms with van der Waals surface area (Å²) < 4.78 is 16.8. The molecule has 0 heterocycles. The van der Waals surface area contributed by atoms with Gasteiger partial charge in [0.1, 0.15) is 13.2 Å². The largest absolute Gasteiger partial charge is 0.462 e. The van der Waals surface area contributed by atoms with Crippen molar-refractivity contribution in [2.75, 3.05) is 13.2 Å². The van der Waals surface area contributed by atoms with Gasteiger partial charge >= 0.3 is 17.9 Å². The van der Waals surface area contributed by atoms with Gasteiger partial charge in [-0.2, -0.15) is 0 Å². The van der Waals surface area contributed by atoms with Crippen molar-refractivity contribution in [2.45, 2.75) is 264 Å². The zero-order valence-electron chi connectivity index (χ0n) is 49.0. The maximum Gasteiger partial charge on any atom is 0.306 e. The number of carbonyl (C=O) groups is 3. The monoisotopic (exact) mass is 1050 g/mol. The van der Waals surface area contributed by atoms with Crippen LogP contribution in [0.1, 0.15) is 258 Å². The third-order valence-electron chi connectivity index (χ3n) is 12.5. The van der Waals surface area contributed by atoms with Crippen molar-refractivity contribution in [1.82, 2.24) is 0 Å². The lowest BCUT2D eigenvalue weighted by molar-refractivity contribution is -0.167. The highest BCUT2D eigenvalue weighted by molar-refractivity contribution is 5.71. The number of hydrogen-bond acceptors (Lipinski definition) is 6. The molecular weight excluding hydrogens is 937 g/mol. The van der Waals surface area contributed by atoms with Gasteiger partial charge in [0.15, 0.2) is 6.10 Å². The molecule has 0 spiro atoms. The van der Waals surface area contributed by atoms with Gasteiger partial charge in [-0.25, -0.2) is 0 Å². The van der Waals surface area contributed by atoms with Crippen molar-refractivity contribution in [2.24, 2.45) is 0 Å². The predicted octanol–water partition coefficient (Wildman–Crippen LogP) is 21.2. The molecule has 0 radical (unpaired) electrons. The molecule has 0 fully saturated rings. The first-order chi connectivity index (χ1) is 37.5. The van der Waals surface area contributed by atoms with Gasteiger partial charge < -0.3 is 14.2 Å². The van der Waals surface area contributed by atoms with E-state index in [0.29, 0.717) is 19.3 Å². The highest BCUT2D eigenvalue weighted by Crippen LogP contribution is 2.14. The van der Waals surface area contributed by atoms with Gasteiger partial charge in [0, 0.05) is 19.3 Å². The standard InChI is InChI=1S/C70H112O6/c1-4-7-10-13-16-19-22-24-25-26-27-28-29-30-31-32-33-34-35-36-37-38-39-40-41-42-43-44-45-47-48-51-54-57-60-63-69(72)75-66-67(65-74-68(71)62-59-56-53-50-21-18-15-12-9-6-3)76-70(73)64-61-58-55-52-49-46-23-20-17-14-11-8-5-2/h7,10-12,14-16,19-20,23-25,27-28,30-31,33-34,36-37,39-40,42-43,67H,4-6,8-9,13,17-18,21-22,26,29,32,35,38,41,44-66H2,1-3H3/b10-7-,14-11-,15-12-,19-16-,23-20-,25-24-,28-27-,31-30-,34-33-,37-36-,40-39-,43-42-. The lowest BCUT2D eigenvalue weighted by Crippen LogP contribution is -2.30. The van der Waals surface area contributed by atoms with Crippen LogP contribution < -0.4 is 0 Å². The number of hydrogen-bond donors (Lipinski definition) is 0. The van der Waals surface area contributed by atoms with Crippen LogP contribution in [-0.2, 0) is 28.6 Å². The van der Waals surface area contributed by atoms with Crippen LogP contribution in [0.5, 0.6) is 0 Å². The molecule has 0 aromatic rings. The molecule has 0 aliphatic carbocycles. The third-order valence-corrected chi connectivity index (χ3v) is 12.5. The molecule has 0 bridgehead atoms. The van der Waals surface area contributed by atoms with Gasteiger partial charge in [-0.15, -0.1) is 0 Å². The molecule has 1 unspecified atom stereocenters. The van der Waals surface area contributed by atoms with E-state index in [1.807, 2.05) is 0 Å². The van der Waals surface area contributed by atoms with Crippen LogP contribution in [0.4, 0.5) is 0 Å². The van der Waals surface area contributed by atoms with Gasteiger partial charge in [0.05, 0.1) is 0 Å². The lowest BCUT2D eigenvalue weighted by Gasteiger charge is -2.18. The van der Waals surface area contributed by atoms with Crippen LogP contribution in [0.15, 0.2) is 146 Å². The van der Waals surface area contributed by atoms with Crippen LogP contribution in [-0.4, -0.2) is 37.2 Å². The fourth-order valence-corrected chi connectivity index (χ4v) is 7.94. The topological polar surface area (TPSA) is 78.9 Å². The molecule has 6 nitrogen and oxygen atoms in total. The minimum absolute atomic E-state index is 0.0954. The number of esters is 3. The minimum atomic E-state index is -0.797. The average Bonchev–Trinajstić information content (AvgIpc) is 3.42. The zero-order valence-corrected chi connectivity index (χ0v) is 49.0. The Morgan fingerprint density at radius 2 is 0.513 bits per heavy atom. The summed E-state index contributed by atoms with van der Waals surface area (Å²) in [5.41, 5.74) is 0. The molecule has 0 saturated carbocycles. The Bertz CT molecular complexity index is 1680. The summed E-state index contributed by atoms with van der Waals surface area (Å²) in [6.07, 6.45) is 90.1. The van der Waals surface area contributed by atoms with E-state index in [9.17, 15) is 14.4 Å². The normalized spacial score (nSPS) is 13.1. The minimum Gasteiger partial charge on any atom is -0.462 e. The Morgan fingerprint density at radius 3 is 0.829 bits per heavy atom. The van der Waals surface area contributed by atoms with Crippen molar-refractivity contribution in [3.05, 3.63) is 146 Å². The van der Waals surface area contributed by atoms with E-state index >= 15 is 0 Å². The van der Waals surface area contributed by atoms with E-state index in [1.165, 1.54) is 44.9 Å². The number of rotatable bonds is 54. The van der Waals surface area contributed by atoms with E-state index in [1.54, 1.807) is 0 Å². The molecule has 0 aromatic heterocycles. The van der Waals surface area contributed by atoms with Crippen LogP contribution in [0.3, 0.4) is 0 Å². The van der Waals surface area contributed by atoms with Crippen molar-refractivity contribution >= 4 is 17.9 Å².